The largest absolute Gasteiger partial charge is 0.480 e. The van der Waals surface area contributed by atoms with Gasteiger partial charge in [0.2, 0.25) is 5.91 Å². The maximum absolute atomic E-state index is 11.8. The van der Waals surface area contributed by atoms with Crippen LogP contribution >= 0.6 is 23.2 Å². The second-order valence-corrected chi connectivity index (χ2v) is 4.29. The number of amides is 2. The molecular formula is C10H9Cl2N3O4. The average molecular weight is 306 g/mol. The van der Waals surface area contributed by atoms with Crippen LogP contribution in [0.3, 0.4) is 0 Å². The zero-order valence-corrected chi connectivity index (χ0v) is 10.9. The van der Waals surface area contributed by atoms with Crippen molar-refractivity contribution in [3.05, 3.63) is 28.0 Å². The molecule has 1 atom stereocenters. The molecule has 0 aliphatic heterocycles. The number of aliphatic carboxylic acids is 1. The molecule has 9 heteroatoms. The SMILES string of the molecule is NC(=O)C[C@@H](NC(=O)c1nc(Cl)ccc1Cl)C(=O)O. The number of rotatable bonds is 5. The van der Waals surface area contributed by atoms with Crippen LogP contribution in [0.2, 0.25) is 10.2 Å². The third kappa shape index (κ3) is 4.38. The Hall–Kier alpha value is -1.86. The quantitative estimate of drug-likeness (QED) is 0.681. The smallest absolute Gasteiger partial charge is 0.326 e. The molecular weight excluding hydrogens is 297 g/mol. The van der Waals surface area contributed by atoms with Gasteiger partial charge in [-0.2, -0.15) is 0 Å². The van der Waals surface area contributed by atoms with Gasteiger partial charge in [0.05, 0.1) is 11.4 Å². The van der Waals surface area contributed by atoms with Gasteiger partial charge in [0.15, 0.2) is 0 Å². The highest BCUT2D eigenvalue weighted by molar-refractivity contribution is 6.34. The van der Waals surface area contributed by atoms with E-state index in [4.69, 9.17) is 34.0 Å². The zero-order chi connectivity index (χ0) is 14.6. The molecule has 2 amide bonds. The second-order valence-electron chi connectivity index (χ2n) is 3.50. The Labute approximate surface area is 117 Å². The molecule has 1 aromatic rings. The lowest BCUT2D eigenvalue weighted by Gasteiger charge is -2.12. The first-order valence-electron chi connectivity index (χ1n) is 4.95. The van der Waals surface area contributed by atoms with Gasteiger partial charge in [0.25, 0.3) is 5.91 Å². The third-order valence-corrected chi connectivity index (χ3v) is 2.55. The molecule has 1 aromatic heterocycles. The lowest BCUT2D eigenvalue weighted by molar-refractivity contribution is -0.140. The topological polar surface area (TPSA) is 122 Å². The number of carbonyl (C=O) groups is 3. The zero-order valence-electron chi connectivity index (χ0n) is 9.39. The van der Waals surface area contributed by atoms with Crippen molar-refractivity contribution in [2.24, 2.45) is 5.73 Å². The fraction of sp³-hybridized carbons (Fsp3) is 0.200. The molecule has 0 fully saturated rings. The molecule has 0 aliphatic carbocycles. The summed E-state index contributed by atoms with van der Waals surface area (Å²) in [6, 6.07) is 1.26. The highest BCUT2D eigenvalue weighted by atomic mass is 35.5. The van der Waals surface area contributed by atoms with E-state index in [2.05, 4.69) is 10.3 Å². The van der Waals surface area contributed by atoms with Crippen LogP contribution in [0.1, 0.15) is 16.9 Å². The number of nitrogens with one attached hydrogen (secondary N) is 1. The summed E-state index contributed by atoms with van der Waals surface area (Å²) in [6.07, 6.45) is -0.542. The standard InChI is InChI=1S/C10H9Cl2N3O4/c11-4-1-2-6(12)15-8(4)9(17)14-5(10(18)19)3-7(13)16/h1-2,5H,3H2,(H2,13,16)(H,14,17)(H,18,19)/t5-/m1/s1. The number of nitrogens with zero attached hydrogens (tertiary/aromatic N) is 1. The maximum atomic E-state index is 11.8. The van der Waals surface area contributed by atoms with Crippen molar-refractivity contribution in [3.63, 3.8) is 0 Å². The summed E-state index contributed by atoms with van der Waals surface area (Å²) in [6.45, 7) is 0. The Kier molecular flexibility index (Phi) is 5.08. The van der Waals surface area contributed by atoms with Crippen LogP contribution in [0.25, 0.3) is 0 Å². The molecule has 0 radical (unpaired) electrons. The minimum Gasteiger partial charge on any atom is -0.480 e. The molecule has 0 saturated heterocycles. The lowest BCUT2D eigenvalue weighted by Crippen LogP contribution is -2.43. The van der Waals surface area contributed by atoms with Gasteiger partial charge in [0, 0.05) is 0 Å². The number of carboxylic acids is 1. The molecule has 0 aromatic carbocycles. The number of pyridine rings is 1. The number of hydrogen-bond acceptors (Lipinski definition) is 4. The Bertz CT molecular complexity index is 536. The van der Waals surface area contributed by atoms with Gasteiger partial charge < -0.3 is 16.2 Å². The van der Waals surface area contributed by atoms with E-state index >= 15 is 0 Å². The molecule has 0 bridgehead atoms. The van der Waals surface area contributed by atoms with Crippen LogP contribution in [0.5, 0.6) is 0 Å². The van der Waals surface area contributed by atoms with E-state index in [-0.39, 0.29) is 15.9 Å². The molecule has 4 N–H and O–H groups in total. The minimum atomic E-state index is -1.46. The first kappa shape index (κ1) is 15.2. The van der Waals surface area contributed by atoms with Crippen LogP contribution in [-0.4, -0.2) is 33.9 Å². The van der Waals surface area contributed by atoms with Crippen molar-refractivity contribution in [1.29, 1.82) is 0 Å². The summed E-state index contributed by atoms with van der Waals surface area (Å²) in [4.78, 5) is 37.0. The number of aromatic nitrogens is 1. The molecule has 102 valence electrons. The predicted octanol–water partition coefficient (Wildman–Crippen LogP) is 0.447. The van der Waals surface area contributed by atoms with E-state index in [9.17, 15) is 14.4 Å². The van der Waals surface area contributed by atoms with Gasteiger partial charge in [0.1, 0.15) is 16.9 Å². The first-order valence-corrected chi connectivity index (χ1v) is 5.71. The summed E-state index contributed by atoms with van der Waals surface area (Å²) in [5.74, 6) is -3.12. The van der Waals surface area contributed by atoms with E-state index < -0.39 is 30.2 Å². The number of primary amides is 1. The Balaban J connectivity index is 2.90. The molecule has 0 aliphatic rings. The third-order valence-electron chi connectivity index (χ3n) is 2.04. The van der Waals surface area contributed by atoms with Gasteiger partial charge in [-0.3, -0.25) is 9.59 Å². The number of nitrogens with two attached hydrogens (primary N) is 1. The van der Waals surface area contributed by atoms with Gasteiger partial charge in [-0.1, -0.05) is 23.2 Å². The van der Waals surface area contributed by atoms with Gasteiger partial charge in [-0.25, -0.2) is 9.78 Å². The monoisotopic (exact) mass is 305 g/mol. The number of carbonyl (C=O) groups excluding carboxylic acids is 2. The van der Waals surface area contributed by atoms with Gasteiger partial charge in [-0.05, 0) is 12.1 Å². The predicted molar refractivity (Wildman–Crippen MR) is 67.0 cm³/mol. The molecule has 0 spiro atoms. The van der Waals surface area contributed by atoms with Crippen LogP contribution in [-0.2, 0) is 9.59 Å². The van der Waals surface area contributed by atoms with Crippen LogP contribution in [0.15, 0.2) is 12.1 Å². The molecule has 19 heavy (non-hydrogen) atoms. The molecule has 7 nitrogen and oxygen atoms in total. The average Bonchev–Trinajstić information content (AvgIpc) is 2.30. The molecule has 1 heterocycles. The Morgan fingerprint density at radius 2 is 2.00 bits per heavy atom. The van der Waals surface area contributed by atoms with E-state index in [1.165, 1.54) is 12.1 Å². The number of hydrogen-bond donors (Lipinski definition) is 3. The molecule has 0 saturated carbocycles. The van der Waals surface area contributed by atoms with Crippen LogP contribution < -0.4 is 11.1 Å². The van der Waals surface area contributed by atoms with Crippen molar-refractivity contribution < 1.29 is 19.5 Å². The second kappa shape index (κ2) is 6.35. The Morgan fingerprint density at radius 1 is 1.37 bits per heavy atom. The first-order chi connectivity index (χ1) is 8.81. The maximum Gasteiger partial charge on any atom is 0.326 e. The van der Waals surface area contributed by atoms with Gasteiger partial charge >= 0.3 is 5.97 Å². The summed E-state index contributed by atoms with van der Waals surface area (Å²) in [5, 5.41) is 11.0. The number of carboxylic acid groups (broad SMARTS) is 1. The summed E-state index contributed by atoms with van der Waals surface area (Å²) < 4.78 is 0. The van der Waals surface area contributed by atoms with E-state index in [0.717, 1.165) is 0 Å². The van der Waals surface area contributed by atoms with Crippen molar-refractivity contribution >= 4 is 41.0 Å². The van der Waals surface area contributed by atoms with Crippen molar-refractivity contribution in [2.45, 2.75) is 12.5 Å². The van der Waals surface area contributed by atoms with Crippen molar-refractivity contribution in [2.75, 3.05) is 0 Å². The summed E-state index contributed by atoms with van der Waals surface area (Å²) in [7, 11) is 0. The fourth-order valence-electron chi connectivity index (χ4n) is 1.21. The Morgan fingerprint density at radius 3 is 2.53 bits per heavy atom. The highest BCUT2D eigenvalue weighted by Gasteiger charge is 2.24. The minimum absolute atomic E-state index is 0.00473. The summed E-state index contributed by atoms with van der Waals surface area (Å²) in [5.41, 5.74) is 4.65. The van der Waals surface area contributed by atoms with Crippen molar-refractivity contribution in [1.82, 2.24) is 10.3 Å². The van der Waals surface area contributed by atoms with E-state index in [1.807, 2.05) is 0 Å². The van der Waals surface area contributed by atoms with Crippen molar-refractivity contribution in [3.8, 4) is 0 Å². The summed E-state index contributed by atoms with van der Waals surface area (Å²) >= 11 is 11.3. The fourth-order valence-corrected chi connectivity index (χ4v) is 1.54. The normalized spacial score (nSPS) is 11.7. The highest BCUT2D eigenvalue weighted by Crippen LogP contribution is 2.16. The van der Waals surface area contributed by atoms with Gasteiger partial charge in [-0.15, -0.1) is 0 Å². The molecule has 0 unspecified atom stereocenters. The lowest BCUT2D eigenvalue weighted by atomic mass is 10.2. The van der Waals surface area contributed by atoms with E-state index in [1.54, 1.807) is 0 Å². The number of halogens is 2. The van der Waals surface area contributed by atoms with Crippen LogP contribution in [0.4, 0.5) is 0 Å². The molecule has 1 rings (SSSR count). The van der Waals surface area contributed by atoms with Crippen LogP contribution in [0, 0.1) is 0 Å². The van der Waals surface area contributed by atoms with E-state index in [0.29, 0.717) is 0 Å².